The SMILES string of the molecule is CCCOc1ccc(/C=N\NC(=O)CN(c2ccccc2CC)S(=O)(=O)c2ccc(C)cc2)cc1OCC. The first-order valence-electron chi connectivity index (χ1n) is 12.7. The highest BCUT2D eigenvalue weighted by molar-refractivity contribution is 7.92. The van der Waals surface area contributed by atoms with E-state index in [-0.39, 0.29) is 4.90 Å². The Labute approximate surface area is 225 Å². The predicted molar refractivity (Wildman–Crippen MR) is 151 cm³/mol. The average Bonchev–Trinajstić information content (AvgIpc) is 2.91. The quantitative estimate of drug-likeness (QED) is 0.242. The van der Waals surface area contributed by atoms with Gasteiger partial charge in [0.05, 0.1) is 30.0 Å². The van der Waals surface area contributed by atoms with E-state index >= 15 is 0 Å². The fourth-order valence-electron chi connectivity index (χ4n) is 3.74. The molecule has 0 atom stereocenters. The molecule has 0 aliphatic heterocycles. The Balaban J connectivity index is 1.82. The molecule has 0 saturated heterocycles. The van der Waals surface area contributed by atoms with Gasteiger partial charge in [-0.05, 0) is 74.2 Å². The molecule has 0 radical (unpaired) electrons. The van der Waals surface area contributed by atoms with Gasteiger partial charge in [-0.2, -0.15) is 5.10 Å². The van der Waals surface area contributed by atoms with E-state index < -0.39 is 22.5 Å². The van der Waals surface area contributed by atoms with Crippen LogP contribution in [0.2, 0.25) is 0 Å². The number of nitrogens with one attached hydrogen (secondary N) is 1. The third-order valence-corrected chi connectivity index (χ3v) is 7.44. The first kappa shape index (κ1) is 28.7. The van der Waals surface area contributed by atoms with Crippen molar-refractivity contribution in [3.63, 3.8) is 0 Å². The van der Waals surface area contributed by atoms with E-state index in [2.05, 4.69) is 10.5 Å². The minimum absolute atomic E-state index is 0.110. The highest BCUT2D eigenvalue weighted by atomic mass is 32.2. The number of benzene rings is 3. The van der Waals surface area contributed by atoms with Crippen LogP contribution in [0.5, 0.6) is 11.5 Å². The largest absolute Gasteiger partial charge is 0.490 e. The molecule has 1 N–H and O–H groups in total. The van der Waals surface area contributed by atoms with Gasteiger partial charge in [-0.3, -0.25) is 9.10 Å². The minimum Gasteiger partial charge on any atom is -0.490 e. The summed E-state index contributed by atoms with van der Waals surface area (Å²) in [5.74, 6) is 0.653. The lowest BCUT2D eigenvalue weighted by molar-refractivity contribution is -0.119. The third kappa shape index (κ3) is 7.35. The number of hydrogen-bond acceptors (Lipinski definition) is 6. The van der Waals surface area contributed by atoms with E-state index in [1.165, 1.54) is 6.21 Å². The number of amides is 1. The molecule has 3 aromatic carbocycles. The van der Waals surface area contributed by atoms with E-state index in [4.69, 9.17) is 9.47 Å². The number of nitrogens with zero attached hydrogens (tertiary/aromatic N) is 2. The zero-order valence-electron chi connectivity index (χ0n) is 22.3. The second kappa shape index (κ2) is 13.6. The standard InChI is InChI=1S/C29H35N3O5S/c1-5-18-37-27-17-14-23(19-28(27)36-7-3)20-30-31-29(33)21-32(26-11-9-8-10-24(26)6-2)38(34,35)25-15-12-22(4)13-16-25/h8-17,19-20H,5-7,18,21H2,1-4H3,(H,31,33)/b30-20-. The molecule has 8 nitrogen and oxygen atoms in total. The van der Waals surface area contributed by atoms with Crippen LogP contribution in [-0.4, -0.2) is 40.3 Å². The lowest BCUT2D eigenvalue weighted by atomic mass is 10.1. The molecule has 0 fully saturated rings. The summed E-state index contributed by atoms with van der Waals surface area (Å²) in [5.41, 5.74) is 5.36. The Morgan fingerprint density at radius 2 is 1.71 bits per heavy atom. The first-order chi connectivity index (χ1) is 18.3. The van der Waals surface area contributed by atoms with Gasteiger partial charge in [0, 0.05) is 0 Å². The number of carbonyl (C=O) groups is 1. The summed E-state index contributed by atoms with van der Waals surface area (Å²) in [4.78, 5) is 13.0. The Hall–Kier alpha value is -3.85. The summed E-state index contributed by atoms with van der Waals surface area (Å²) in [7, 11) is -4.01. The van der Waals surface area contributed by atoms with Crippen LogP contribution < -0.4 is 19.2 Å². The van der Waals surface area contributed by atoms with Crippen molar-refractivity contribution < 1.29 is 22.7 Å². The van der Waals surface area contributed by atoms with Crippen LogP contribution in [0, 0.1) is 6.92 Å². The number of aryl methyl sites for hydroxylation is 2. The molecule has 0 aromatic heterocycles. The summed E-state index contributed by atoms with van der Waals surface area (Å²) in [6.07, 6.45) is 2.96. The van der Waals surface area contributed by atoms with Crippen LogP contribution in [0.4, 0.5) is 5.69 Å². The highest BCUT2D eigenvalue weighted by Gasteiger charge is 2.28. The fourth-order valence-corrected chi connectivity index (χ4v) is 5.20. The molecule has 3 aromatic rings. The Kier molecular flexibility index (Phi) is 10.3. The summed E-state index contributed by atoms with van der Waals surface area (Å²) in [5, 5.41) is 4.05. The van der Waals surface area contributed by atoms with Crippen molar-refractivity contribution in [3.05, 3.63) is 83.4 Å². The molecule has 3 rings (SSSR count). The lowest BCUT2D eigenvalue weighted by Crippen LogP contribution is -2.40. The number of anilines is 1. The predicted octanol–water partition coefficient (Wildman–Crippen LogP) is 5.09. The molecule has 38 heavy (non-hydrogen) atoms. The Morgan fingerprint density at radius 3 is 2.39 bits per heavy atom. The third-order valence-electron chi connectivity index (χ3n) is 5.67. The van der Waals surface area contributed by atoms with Gasteiger partial charge in [0.1, 0.15) is 6.54 Å². The Morgan fingerprint density at radius 1 is 0.974 bits per heavy atom. The molecular formula is C29H35N3O5S. The molecule has 202 valence electrons. The highest BCUT2D eigenvalue weighted by Crippen LogP contribution is 2.29. The van der Waals surface area contributed by atoms with Crippen LogP contribution in [0.25, 0.3) is 0 Å². The second-order valence-electron chi connectivity index (χ2n) is 8.59. The van der Waals surface area contributed by atoms with Crippen molar-refractivity contribution in [2.24, 2.45) is 5.10 Å². The van der Waals surface area contributed by atoms with Crippen molar-refractivity contribution in [1.29, 1.82) is 0 Å². The maximum atomic E-state index is 13.6. The van der Waals surface area contributed by atoms with Gasteiger partial charge >= 0.3 is 0 Å². The normalized spacial score (nSPS) is 11.4. The van der Waals surface area contributed by atoms with Gasteiger partial charge in [0.25, 0.3) is 15.9 Å². The first-order valence-corrected chi connectivity index (χ1v) is 14.1. The van der Waals surface area contributed by atoms with E-state index in [0.717, 1.165) is 21.9 Å². The van der Waals surface area contributed by atoms with Crippen LogP contribution in [0.3, 0.4) is 0 Å². The summed E-state index contributed by atoms with van der Waals surface area (Å²) < 4.78 is 39.8. The molecule has 0 heterocycles. The lowest BCUT2D eigenvalue weighted by Gasteiger charge is -2.25. The summed E-state index contributed by atoms with van der Waals surface area (Å²) in [6, 6.07) is 19.1. The van der Waals surface area contributed by atoms with E-state index in [1.807, 2.05) is 39.8 Å². The number of rotatable bonds is 13. The van der Waals surface area contributed by atoms with Crippen molar-refractivity contribution in [2.75, 3.05) is 24.1 Å². The summed E-state index contributed by atoms with van der Waals surface area (Å²) >= 11 is 0. The Bertz CT molecular complexity index is 1350. The van der Waals surface area contributed by atoms with E-state index in [1.54, 1.807) is 54.6 Å². The van der Waals surface area contributed by atoms with Gasteiger partial charge in [0.2, 0.25) is 0 Å². The maximum absolute atomic E-state index is 13.6. The number of carbonyl (C=O) groups excluding carboxylic acids is 1. The minimum atomic E-state index is -4.01. The second-order valence-corrected chi connectivity index (χ2v) is 10.5. The van der Waals surface area contributed by atoms with Gasteiger partial charge in [-0.25, -0.2) is 13.8 Å². The zero-order valence-corrected chi connectivity index (χ0v) is 23.1. The molecule has 0 aliphatic carbocycles. The van der Waals surface area contributed by atoms with Gasteiger partial charge in [-0.15, -0.1) is 0 Å². The molecule has 0 aliphatic rings. The number of sulfonamides is 1. The maximum Gasteiger partial charge on any atom is 0.264 e. The van der Waals surface area contributed by atoms with Crippen LogP contribution in [0.15, 0.2) is 76.7 Å². The van der Waals surface area contributed by atoms with Crippen molar-refractivity contribution in [1.82, 2.24) is 5.43 Å². The van der Waals surface area contributed by atoms with Crippen molar-refractivity contribution in [3.8, 4) is 11.5 Å². The molecule has 0 unspecified atom stereocenters. The van der Waals surface area contributed by atoms with Gasteiger partial charge < -0.3 is 9.47 Å². The number of hydrogen-bond donors (Lipinski definition) is 1. The van der Waals surface area contributed by atoms with Gasteiger partial charge in [0.15, 0.2) is 11.5 Å². The topological polar surface area (TPSA) is 97.3 Å². The number of para-hydroxylation sites is 1. The van der Waals surface area contributed by atoms with Crippen molar-refractivity contribution in [2.45, 2.75) is 45.4 Å². The average molecular weight is 538 g/mol. The van der Waals surface area contributed by atoms with E-state index in [0.29, 0.717) is 42.4 Å². The van der Waals surface area contributed by atoms with Crippen molar-refractivity contribution >= 4 is 27.8 Å². The van der Waals surface area contributed by atoms with Gasteiger partial charge in [-0.1, -0.05) is 49.7 Å². The monoisotopic (exact) mass is 537 g/mol. The molecular weight excluding hydrogens is 502 g/mol. The molecule has 1 amide bonds. The molecule has 0 saturated carbocycles. The van der Waals surface area contributed by atoms with E-state index in [9.17, 15) is 13.2 Å². The molecule has 0 bridgehead atoms. The number of ether oxygens (including phenoxy) is 2. The smallest absolute Gasteiger partial charge is 0.264 e. The summed E-state index contributed by atoms with van der Waals surface area (Å²) in [6.45, 7) is 8.36. The number of hydrazone groups is 1. The molecule has 0 spiro atoms. The van der Waals surface area contributed by atoms with Crippen LogP contribution in [-0.2, 0) is 21.2 Å². The van der Waals surface area contributed by atoms with Crippen LogP contribution in [0.1, 0.15) is 43.9 Å². The van der Waals surface area contributed by atoms with Crippen LogP contribution >= 0.6 is 0 Å². The zero-order chi connectivity index (χ0) is 27.5. The molecule has 9 heteroatoms. The fraction of sp³-hybridized carbons (Fsp3) is 0.310.